The van der Waals surface area contributed by atoms with Gasteiger partial charge in [-0.15, -0.1) is 0 Å². The largest absolute Gasteiger partial charge is 0.493 e. The van der Waals surface area contributed by atoms with Gasteiger partial charge < -0.3 is 15.8 Å². The van der Waals surface area contributed by atoms with E-state index < -0.39 is 0 Å². The van der Waals surface area contributed by atoms with Crippen LogP contribution in [0.5, 0.6) is 5.75 Å². The highest BCUT2D eigenvalue weighted by Gasteiger charge is 2.25. The van der Waals surface area contributed by atoms with Crippen molar-refractivity contribution in [1.82, 2.24) is 5.32 Å². The second-order valence-electron chi connectivity index (χ2n) is 5.87. The van der Waals surface area contributed by atoms with Crippen LogP contribution < -0.4 is 15.8 Å². The van der Waals surface area contributed by atoms with Crippen molar-refractivity contribution in [3.63, 3.8) is 0 Å². The molecule has 0 heterocycles. The average Bonchev–Trinajstić information content (AvgIpc) is 2.48. The van der Waals surface area contributed by atoms with Gasteiger partial charge in [-0.1, -0.05) is 25.0 Å². The Morgan fingerprint density at radius 2 is 2.19 bits per heavy atom. The lowest BCUT2D eigenvalue weighted by Crippen LogP contribution is -2.45. The van der Waals surface area contributed by atoms with Crippen LogP contribution in [0.2, 0.25) is 0 Å². The second-order valence-corrected chi connectivity index (χ2v) is 5.87. The van der Waals surface area contributed by atoms with Gasteiger partial charge in [0, 0.05) is 6.04 Å². The van der Waals surface area contributed by atoms with Crippen molar-refractivity contribution in [3.05, 3.63) is 29.8 Å². The van der Waals surface area contributed by atoms with E-state index in [4.69, 9.17) is 10.5 Å². The molecule has 0 saturated heterocycles. The number of rotatable bonds is 6. The van der Waals surface area contributed by atoms with E-state index in [0.717, 1.165) is 24.2 Å². The van der Waals surface area contributed by atoms with Crippen LogP contribution in [0, 0.1) is 12.8 Å². The Bertz CT molecular complexity index is 462. The maximum absolute atomic E-state index is 12.0. The van der Waals surface area contributed by atoms with Gasteiger partial charge in [0.15, 0.2) is 0 Å². The number of carbonyl (C=O) groups excluding carboxylic acids is 1. The minimum atomic E-state index is 0.0630. The topological polar surface area (TPSA) is 64.3 Å². The van der Waals surface area contributed by atoms with Crippen molar-refractivity contribution in [3.8, 4) is 5.75 Å². The standard InChI is InChI=1S/C17H26N2O2/c1-13-5-4-7-15(11-13)21-10-9-17(20)19-16-8-3-2-6-14(16)12-18/h4-5,7,11,14,16H,2-3,6,8-10,12,18H2,1H3,(H,19,20). The number of carbonyl (C=O) groups is 1. The summed E-state index contributed by atoms with van der Waals surface area (Å²) in [6, 6.07) is 8.11. The van der Waals surface area contributed by atoms with Crippen molar-refractivity contribution in [1.29, 1.82) is 0 Å². The fourth-order valence-corrected chi connectivity index (χ4v) is 2.93. The first-order chi connectivity index (χ1) is 10.2. The lowest BCUT2D eigenvalue weighted by atomic mass is 9.84. The lowest BCUT2D eigenvalue weighted by Gasteiger charge is -2.31. The molecule has 2 unspecified atom stereocenters. The molecule has 1 amide bonds. The van der Waals surface area contributed by atoms with Gasteiger partial charge in [-0.25, -0.2) is 0 Å². The van der Waals surface area contributed by atoms with Crippen molar-refractivity contribution >= 4 is 5.91 Å². The number of hydrogen-bond donors (Lipinski definition) is 2. The van der Waals surface area contributed by atoms with Gasteiger partial charge in [-0.3, -0.25) is 4.79 Å². The molecule has 0 radical (unpaired) electrons. The number of benzene rings is 1. The van der Waals surface area contributed by atoms with E-state index in [-0.39, 0.29) is 11.9 Å². The molecule has 1 aliphatic carbocycles. The predicted molar refractivity (Wildman–Crippen MR) is 84.2 cm³/mol. The van der Waals surface area contributed by atoms with E-state index >= 15 is 0 Å². The van der Waals surface area contributed by atoms with Gasteiger partial charge in [0.05, 0.1) is 13.0 Å². The van der Waals surface area contributed by atoms with E-state index in [1.165, 1.54) is 12.8 Å². The second kappa shape index (κ2) is 8.03. The summed E-state index contributed by atoms with van der Waals surface area (Å²) in [6.07, 6.45) is 4.97. The van der Waals surface area contributed by atoms with E-state index in [0.29, 0.717) is 25.5 Å². The molecule has 1 aromatic carbocycles. The summed E-state index contributed by atoms with van der Waals surface area (Å²) in [4.78, 5) is 12.0. The normalized spacial score (nSPS) is 21.8. The summed E-state index contributed by atoms with van der Waals surface area (Å²) < 4.78 is 5.61. The SMILES string of the molecule is Cc1cccc(OCCC(=O)NC2CCCCC2CN)c1. The van der Waals surface area contributed by atoms with E-state index in [9.17, 15) is 4.79 Å². The molecule has 2 rings (SSSR count). The monoisotopic (exact) mass is 290 g/mol. The molecule has 116 valence electrons. The van der Waals surface area contributed by atoms with Crippen molar-refractivity contribution in [2.75, 3.05) is 13.2 Å². The van der Waals surface area contributed by atoms with Crippen LogP contribution in [0.25, 0.3) is 0 Å². The Hall–Kier alpha value is -1.55. The fourth-order valence-electron chi connectivity index (χ4n) is 2.93. The van der Waals surface area contributed by atoms with Crippen LogP contribution in [0.15, 0.2) is 24.3 Å². The molecule has 2 atom stereocenters. The molecule has 1 aliphatic rings. The molecule has 4 nitrogen and oxygen atoms in total. The highest BCUT2D eigenvalue weighted by Crippen LogP contribution is 2.23. The molecule has 3 N–H and O–H groups in total. The van der Waals surface area contributed by atoms with E-state index in [2.05, 4.69) is 5.32 Å². The molecule has 0 spiro atoms. The highest BCUT2D eigenvalue weighted by molar-refractivity contribution is 5.76. The minimum Gasteiger partial charge on any atom is -0.493 e. The van der Waals surface area contributed by atoms with Crippen LogP contribution in [-0.2, 0) is 4.79 Å². The van der Waals surface area contributed by atoms with Crippen molar-refractivity contribution in [2.45, 2.75) is 45.1 Å². The zero-order chi connectivity index (χ0) is 15.1. The Kier molecular flexibility index (Phi) is 6.05. The van der Waals surface area contributed by atoms with E-state index in [1.54, 1.807) is 0 Å². The van der Waals surface area contributed by atoms with Crippen LogP contribution in [-0.4, -0.2) is 25.1 Å². The summed E-state index contributed by atoms with van der Waals surface area (Å²) in [7, 11) is 0. The summed E-state index contributed by atoms with van der Waals surface area (Å²) in [5.41, 5.74) is 6.94. The third-order valence-electron chi connectivity index (χ3n) is 4.15. The van der Waals surface area contributed by atoms with Gasteiger partial charge in [0.1, 0.15) is 5.75 Å². The number of amides is 1. The van der Waals surface area contributed by atoms with Crippen molar-refractivity contribution in [2.24, 2.45) is 11.7 Å². The summed E-state index contributed by atoms with van der Waals surface area (Å²) in [6.45, 7) is 3.09. The third kappa shape index (κ3) is 5.05. The number of aryl methyl sites for hydroxylation is 1. The first-order valence-electron chi connectivity index (χ1n) is 7.88. The van der Waals surface area contributed by atoms with Crippen LogP contribution >= 0.6 is 0 Å². The number of ether oxygens (including phenoxy) is 1. The van der Waals surface area contributed by atoms with Gasteiger partial charge >= 0.3 is 0 Å². The number of hydrogen-bond acceptors (Lipinski definition) is 3. The molecule has 21 heavy (non-hydrogen) atoms. The first kappa shape index (κ1) is 15.8. The Labute approximate surface area is 127 Å². The van der Waals surface area contributed by atoms with Crippen LogP contribution in [0.1, 0.15) is 37.7 Å². The molecule has 1 fully saturated rings. The quantitative estimate of drug-likeness (QED) is 0.845. The average molecular weight is 290 g/mol. The molecule has 1 aromatic rings. The van der Waals surface area contributed by atoms with Crippen LogP contribution in [0.3, 0.4) is 0 Å². The molecule has 0 aromatic heterocycles. The summed E-state index contributed by atoms with van der Waals surface area (Å²) in [5, 5.41) is 3.12. The van der Waals surface area contributed by atoms with E-state index in [1.807, 2.05) is 31.2 Å². The predicted octanol–water partition coefficient (Wildman–Crippen LogP) is 2.40. The Morgan fingerprint density at radius 1 is 1.38 bits per heavy atom. The van der Waals surface area contributed by atoms with Gasteiger partial charge in [0.2, 0.25) is 5.91 Å². The van der Waals surface area contributed by atoms with Crippen molar-refractivity contribution < 1.29 is 9.53 Å². The molecule has 0 aliphatic heterocycles. The molecular formula is C17H26N2O2. The Balaban J connectivity index is 1.72. The summed E-state index contributed by atoms with van der Waals surface area (Å²) >= 11 is 0. The molecular weight excluding hydrogens is 264 g/mol. The first-order valence-corrected chi connectivity index (χ1v) is 7.88. The van der Waals surface area contributed by atoms with Crippen LogP contribution in [0.4, 0.5) is 0 Å². The zero-order valence-corrected chi connectivity index (χ0v) is 12.8. The molecule has 0 bridgehead atoms. The maximum atomic E-state index is 12.0. The zero-order valence-electron chi connectivity index (χ0n) is 12.8. The lowest BCUT2D eigenvalue weighted by molar-refractivity contribution is -0.122. The fraction of sp³-hybridized carbons (Fsp3) is 0.588. The highest BCUT2D eigenvalue weighted by atomic mass is 16.5. The minimum absolute atomic E-state index is 0.0630. The summed E-state index contributed by atoms with van der Waals surface area (Å²) in [5.74, 6) is 1.31. The Morgan fingerprint density at radius 3 is 2.95 bits per heavy atom. The van der Waals surface area contributed by atoms with Gasteiger partial charge in [-0.05, 0) is 49.9 Å². The molecule has 1 saturated carbocycles. The maximum Gasteiger partial charge on any atom is 0.223 e. The molecule has 4 heteroatoms. The third-order valence-corrected chi connectivity index (χ3v) is 4.15. The van der Waals surface area contributed by atoms with Gasteiger partial charge in [-0.2, -0.15) is 0 Å². The number of nitrogens with two attached hydrogens (primary N) is 1. The van der Waals surface area contributed by atoms with Gasteiger partial charge in [0.25, 0.3) is 0 Å². The smallest absolute Gasteiger partial charge is 0.223 e. The number of nitrogens with one attached hydrogen (secondary N) is 1.